The summed E-state index contributed by atoms with van der Waals surface area (Å²) in [7, 11) is 1.24. The van der Waals surface area contributed by atoms with Crippen LogP contribution < -0.4 is 0 Å². The van der Waals surface area contributed by atoms with Crippen LogP contribution in [0, 0.1) is 27.4 Å². The Morgan fingerprint density at radius 1 is 1.21 bits per heavy atom. The van der Waals surface area contributed by atoms with Gasteiger partial charge >= 0.3 is 5.97 Å². The fourth-order valence-corrected chi connectivity index (χ4v) is 3.64. The summed E-state index contributed by atoms with van der Waals surface area (Å²) >= 11 is 0. The molecule has 1 heterocycles. The van der Waals surface area contributed by atoms with E-state index in [1.165, 1.54) is 31.4 Å². The quantitative estimate of drug-likeness (QED) is 0.369. The molecule has 2 aromatic carbocycles. The van der Waals surface area contributed by atoms with E-state index in [4.69, 9.17) is 9.15 Å². The summed E-state index contributed by atoms with van der Waals surface area (Å²) in [6, 6.07) is 16.9. The van der Waals surface area contributed by atoms with Crippen LogP contribution in [0.2, 0.25) is 0 Å². The van der Waals surface area contributed by atoms with Crippen molar-refractivity contribution in [3.8, 4) is 17.5 Å². The van der Waals surface area contributed by atoms with Crippen molar-refractivity contribution in [2.24, 2.45) is 5.92 Å². The standard InChI is InChI=1S/C20H14N4O5/c1-28-18(25)16-15(12-7-9-14(10-8-12)24(26)27)20(16,11-21)19-23-22-17(29-19)13-5-3-2-4-6-13/h2-10,15-16H,1H3/t15-,16+,20+/m1/s1. The predicted octanol–water partition coefficient (Wildman–Crippen LogP) is 2.99. The first-order chi connectivity index (χ1) is 14.0. The van der Waals surface area contributed by atoms with E-state index in [0.29, 0.717) is 11.1 Å². The van der Waals surface area contributed by atoms with Gasteiger partial charge in [-0.25, -0.2) is 0 Å². The van der Waals surface area contributed by atoms with Crippen molar-refractivity contribution in [2.75, 3.05) is 7.11 Å². The molecule has 1 aliphatic carbocycles. The Bertz CT molecular complexity index is 1120. The normalized spacial score (nSPS) is 22.5. The van der Waals surface area contributed by atoms with E-state index in [9.17, 15) is 20.2 Å². The molecule has 1 aliphatic rings. The molecule has 3 aromatic rings. The Labute approximate surface area is 164 Å². The fraction of sp³-hybridized carbons (Fsp3) is 0.200. The Morgan fingerprint density at radius 3 is 2.48 bits per heavy atom. The average molecular weight is 390 g/mol. The number of aromatic nitrogens is 2. The van der Waals surface area contributed by atoms with Crippen LogP contribution in [-0.4, -0.2) is 28.2 Å². The number of methoxy groups -OCH3 is 1. The number of non-ortho nitro benzene ring substituents is 1. The minimum atomic E-state index is -1.40. The molecule has 0 aliphatic heterocycles. The lowest BCUT2D eigenvalue weighted by molar-refractivity contribution is -0.384. The van der Waals surface area contributed by atoms with E-state index in [2.05, 4.69) is 16.3 Å². The van der Waals surface area contributed by atoms with Crippen molar-refractivity contribution in [3.63, 3.8) is 0 Å². The van der Waals surface area contributed by atoms with Crippen LogP contribution >= 0.6 is 0 Å². The monoisotopic (exact) mass is 390 g/mol. The molecule has 1 saturated carbocycles. The lowest BCUT2D eigenvalue weighted by Crippen LogP contribution is -2.15. The Balaban J connectivity index is 1.76. The third kappa shape index (κ3) is 2.82. The summed E-state index contributed by atoms with van der Waals surface area (Å²) in [6.07, 6.45) is 0. The smallest absolute Gasteiger partial charge is 0.311 e. The van der Waals surface area contributed by atoms with Gasteiger partial charge in [-0.15, -0.1) is 10.2 Å². The van der Waals surface area contributed by atoms with Crippen LogP contribution in [0.3, 0.4) is 0 Å². The molecule has 9 heteroatoms. The van der Waals surface area contributed by atoms with Crippen LogP contribution in [0.5, 0.6) is 0 Å². The highest BCUT2D eigenvalue weighted by Gasteiger charge is 2.74. The zero-order valence-electron chi connectivity index (χ0n) is 15.2. The topological polar surface area (TPSA) is 132 Å². The van der Waals surface area contributed by atoms with Crippen LogP contribution in [0.1, 0.15) is 17.4 Å². The van der Waals surface area contributed by atoms with Gasteiger partial charge in [0.1, 0.15) is 0 Å². The molecule has 144 valence electrons. The number of carbonyl (C=O) groups excluding carboxylic acids is 1. The van der Waals surface area contributed by atoms with Gasteiger partial charge in [-0.2, -0.15) is 5.26 Å². The van der Waals surface area contributed by atoms with E-state index in [1.54, 1.807) is 12.1 Å². The van der Waals surface area contributed by atoms with E-state index in [0.717, 1.165) is 0 Å². The first-order valence-corrected chi connectivity index (χ1v) is 8.65. The van der Waals surface area contributed by atoms with E-state index in [1.807, 2.05) is 18.2 Å². The molecule has 3 atom stereocenters. The molecule has 9 nitrogen and oxygen atoms in total. The number of nitro groups is 1. The van der Waals surface area contributed by atoms with Crippen molar-refractivity contribution in [2.45, 2.75) is 11.3 Å². The van der Waals surface area contributed by atoms with Gasteiger partial charge in [-0.1, -0.05) is 30.3 Å². The Kier molecular flexibility index (Phi) is 4.31. The minimum absolute atomic E-state index is 0.0117. The van der Waals surface area contributed by atoms with Gasteiger partial charge in [0.15, 0.2) is 5.41 Å². The van der Waals surface area contributed by atoms with Gasteiger partial charge in [0.25, 0.3) is 5.69 Å². The van der Waals surface area contributed by atoms with Crippen molar-refractivity contribution in [1.29, 1.82) is 5.26 Å². The number of nitro benzene ring substituents is 1. The summed E-state index contributed by atoms with van der Waals surface area (Å²) in [6.45, 7) is 0. The number of rotatable bonds is 5. The Morgan fingerprint density at radius 2 is 1.90 bits per heavy atom. The van der Waals surface area contributed by atoms with E-state index < -0.39 is 28.1 Å². The molecule has 0 unspecified atom stereocenters. The molecular weight excluding hydrogens is 376 g/mol. The van der Waals surface area contributed by atoms with Crippen molar-refractivity contribution >= 4 is 11.7 Å². The number of carbonyl (C=O) groups is 1. The molecule has 0 amide bonds. The maximum atomic E-state index is 12.4. The van der Waals surface area contributed by atoms with E-state index >= 15 is 0 Å². The second-order valence-corrected chi connectivity index (χ2v) is 6.59. The molecule has 1 aromatic heterocycles. The first kappa shape index (κ1) is 18.3. The van der Waals surface area contributed by atoms with Gasteiger partial charge in [-0.05, 0) is 17.7 Å². The molecule has 0 saturated heterocycles. The van der Waals surface area contributed by atoms with Crippen molar-refractivity contribution < 1.29 is 18.9 Å². The number of ether oxygens (including phenoxy) is 1. The third-order valence-corrected chi connectivity index (χ3v) is 5.11. The first-order valence-electron chi connectivity index (χ1n) is 8.65. The molecular formula is C20H14N4O5. The third-order valence-electron chi connectivity index (χ3n) is 5.11. The number of nitrogens with zero attached hydrogens (tertiary/aromatic N) is 4. The van der Waals surface area contributed by atoms with Crippen LogP contribution in [-0.2, 0) is 14.9 Å². The summed E-state index contributed by atoms with van der Waals surface area (Å²) in [5.41, 5.74) is -0.229. The zero-order valence-corrected chi connectivity index (χ0v) is 15.2. The lowest BCUT2D eigenvalue weighted by Gasteiger charge is -2.03. The Hall–Kier alpha value is -4.06. The maximum Gasteiger partial charge on any atom is 0.311 e. The molecule has 0 bridgehead atoms. The highest BCUT2D eigenvalue weighted by Crippen LogP contribution is 2.65. The number of hydrogen-bond donors (Lipinski definition) is 0. The number of hydrogen-bond acceptors (Lipinski definition) is 8. The molecule has 1 fully saturated rings. The highest BCUT2D eigenvalue weighted by atomic mass is 16.6. The number of esters is 1. The van der Waals surface area contributed by atoms with Crippen molar-refractivity contribution in [1.82, 2.24) is 10.2 Å². The van der Waals surface area contributed by atoms with Gasteiger partial charge in [0.05, 0.1) is 24.0 Å². The molecule has 0 radical (unpaired) electrons. The zero-order chi connectivity index (χ0) is 20.6. The fourth-order valence-electron chi connectivity index (χ4n) is 3.64. The van der Waals surface area contributed by atoms with Crippen molar-refractivity contribution in [3.05, 3.63) is 76.2 Å². The number of benzene rings is 2. The maximum absolute atomic E-state index is 12.4. The summed E-state index contributed by atoms with van der Waals surface area (Å²) in [5.74, 6) is -1.83. The summed E-state index contributed by atoms with van der Waals surface area (Å²) in [5, 5.41) is 28.9. The molecule has 0 spiro atoms. The second-order valence-electron chi connectivity index (χ2n) is 6.59. The van der Waals surface area contributed by atoms with Gasteiger partial charge in [0, 0.05) is 23.6 Å². The second kappa shape index (κ2) is 6.83. The number of nitriles is 1. The molecule has 0 N–H and O–H groups in total. The summed E-state index contributed by atoms with van der Waals surface area (Å²) in [4.78, 5) is 22.8. The summed E-state index contributed by atoms with van der Waals surface area (Å²) < 4.78 is 10.6. The molecule has 4 rings (SSSR count). The highest BCUT2D eigenvalue weighted by molar-refractivity contribution is 5.83. The largest absolute Gasteiger partial charge is 0.469 e. The lowest BCUT2D eigenvalue weighted by atomic mass is 10.00. The van der Waals surface area contributed by atoms with Crippen LogP contribution in [0.15, 0.2) is 59.0 Å². The SMILES string of the molecule is COC(=O)[C@@H]1[C@@H](c2ccc([N+](=O)[O-])cc2)[C@]1(C#N)c1nnc(-c2ccccc2)o1. The van der Waals surface area contributed by atoms with E-state index in [-0.39, 0.29) is 17.5 Å². The minimum Gasteiger partial charge on any atom is -0.469 e. The molecule has 29 heavy (non-hydrogen) atoms. The van der Waals surface area contributed by atoms with Crippen LogP contribution in [0.4, 0.5) is 5.69 Å². The van der Waals surface area contributed by atoms with Crippen LogP contribution in [0.25, 0.3) is 11.5 Å². The van der Waals surface area contributed by atoms with Gasteiger partial charge in [0.2, 0.25) is 11.8 Å². The van der Waals surface area contributed by atoms with Gasteiger partial charge < -0.3 is 9.15 Å². The predicted molar refractivity (Wildman–Crippen MR) is 98.4 cm³/mol. The average Bonchev–Trinajstić information content (AvgIpc) is 3.19. The van der Waals surface area contributed by atoms with Gasteiger partial charge in [-0.3, -0.25) is 14.9 Å².